The lowest BCUT2D eigenvalue weighted by molar-refractivity contribution is -0.113. The first kappa shape index (κ1) is 6.95. The summed E-state index contributed by atoms with van der Waals surface area (Å²) in [5.74, 6) is -0.437. The molecule has 0 atom stereocenters. The number of allylic oxidation sites excluding steroid dienone is 2. The molecule has 2 nitrogen and oxygen atoms in total. The predicted molar refractivity (Wildman–Crippen MR) is 33.1 cm³/mol. The van der Waals surface area contributed by atoms with Crippen molar-refractivity contribution in [2.75, 3.05) is 0 Å². The number of amides is 1. The molecule has 0 unspecified atom stereocenters. The van der Waals surface area contributed by atoms with Gasteiger partial charge in [0.15, 0.2) is 0 Å². The Morgan fingerprint density at radius 2 is 2.12 bits per heavy atom. The lowest BCUT2D eigenvalue weighted by Crippen LogP contribution is -2.05. The minimum atomic E-state index is -0.437. The molecule has 0 spiro atoms. The molecule has 0 radical (unpaired) electrons. The third kappa shape index (κ3) is 4.95. The number of hydrogen-bond acceptors (Lipinski definition) is 1. The molecule has 0 aliphatic rings. The summed E-state index contributed by atoms with van der Waals surface area (Å²) in [6, 6.07) is 0. The van der Waals surface area contributed by atoms with E-state index < -0.39 is 5.91 Å². The third-order valence-electron chi connectivity index (χ3n) is 0.532. The normalized spacial score (nSPS) is 9.62. The Bertz CT molecular complexity index is 119. The second-order valence-corrected chi connectivity index (χ2v) is 1.58. The summed E-state index contributed by atoms with van der Waals surface area (Å²) in [6.07, 6.45) is 2.85. The van der Waals surface area contributed by atoms with Gasteiger partial charge in [0.05, 0.1) is 0 Å². The second kappa shape index (κ2) is 3.02. The maximum Gasteiger partial charge on any atom is 0.241 e. The van der Waals surface area contributed by atoms with Crippen molar-refractivity contribution >= 4 is 5.91 Å². The molecule has 0 aliphatic carbocycles. The first-order valence-electron chi connectivity index (χ1n) is 2.26. The molecule has 8 heavy (non-hydrogen) atoms. The Kier molecular flexibility index (Phi) is 2.62. The topological polar surface area (TPSA) is 43.1 Å². The quantitative estimate of drug-likeness (QED) is 0.411. The summed E-state index contributed by atoms with van der Waals surface area (Å²) in [5.41, 5.74) is 5.60. The van der Waals surface area contributed by atoms with Crippen LogP contribution in [-0.2, 0) is 4.79 Å². The van der Waals surface area contributed by atoms with Crippen molar-refractivity contribution in [1.29, 1.82) is 0 Å². The average molecular weight is 111 g/mol. The summed E-state index contributed by atoms with van der Waals surface area (Å²) in [7, 11) is 0. The van der Waals surface area contributed by atoms with Gasteiger partial charge in [0, 0.05) is 6.08 Å². The molecule has 0 aromatic rings. The van der Waals surface area contributed by atoms with E-state index in [1.165, 1.54) is 6.08 Å². The van der Waals surface area contributed by atoms with Gasteiger partial charge in [-0.05, 0) is 6.92 Å². The minimum absolute atomic E-state index is 0.437. The SMILES string of the molecule is C=C(C)/C=C\C(N)=O. The van der Waals surface area contributed by atoms with Gasteiger partial charge in [0.25, 0.3) is 0 Å². The summed E-state index contributed by atoms with van der Waals surface area (Å²) in [4.78, 5) is 10.00. The molecule has 0 saturated carbocycles. The Morgan fingerprint density at radius 3 is 2.25 bits per heavy atom. The standard InChI is InChI=1S/C6H9NO/c1-5(2)3-4-6(7)8/h3-4H,1H2,2H3,(H2,7,8)/b4-3-. The minimum Gasteiger partial charge on any atom is -0.366 e. The van der Waals surface area contributed by atoms with Gasteiger partial charge in [-0.2, -0.15) is 0 Å². The molecule has 1 amide bonds. The largest absolute Gasteiger partial charge is 0.366 e. The number of primary amides is 1. The monoisotopic (exact) mass is 111 g/mol. The van der Waals surface area contributed by atoms with Crippen LogP contribution in [0.1, 0.15) is 6.92 Å². The van der Waals surface area contributed by atoms with Crippen LogP contribution in [-0.4, -0.2) is 5.91 Å². The van der Waals surface area contributed by atoms with Gasteiger partial charge >= 0.3 is 0 Å². The summed E-state index contributed by atoms with van der Waals surface area (Å²) < 4.78 is 0. The van der Waals surface area contributed by atoms with Crippen molar-refractivity contribution in [3.63, 3.8) is 0 Å². The fourth-order valence-electron chi connectivity index (χ4n) is 0.224. The van der Waals surface area contributed by atoms with Crippen LogP contribution < -0.4 is 5.73 Å². The van der Waals surface area contributed by atoms with Crippen molar-refractivity contribution in [3.05, 3.63) is 24.3 Å². The highest BCUT2D eigenvalue weighted by Gasteiger charge is 1.79. The van der Waals surface area contributed by atoms with E-state index in [0.29, 0.717) is 0 Å². The molecule has 0 bridgehead atoms. The zero-order valence-corrected chi connectivity index (χ0v) is 4.85. The fraction of sp³-hybridized carbons (Fsp3) is 0.167. The molecule has 0 aromatic carbocycles. The van der Waals surface area contributed by atoms with E-state index in [1.807, 2.05) is 0 Å². The molecular formula is C6H9NO. The molecular weight excluding hydrogens is 102 g/mol. The van der Waals surface area contributed by atoms with Gasteiger partial charge < -0.3 is 5.73 Å². The van der Waals surface area contributed by atoms with Gasteiger partial charge in [-0.3, -0.25) is 4.79 Å². The highest BCUT2D eigenvalue weighted by Crippen LogP contribution is 1.86. The van der Waals surface area contributed by atoms with Crippen LogP contribution in [0.2, 0.25) is 0 Å². The first-order chi connectivity index (χ1) is 3.63. The zero-order chi connectivity index (χ0) is 6.57. The lowest BCUT2D eigenvalue weighted by atomic mass is 10.3. The molecule has 0 heterocycles. The van der Waals surface area contributed by atoms with Crippen LogP contribution in [0.25, 0.3) is 0 Å². The predicted octanol–water partition coefficient (Wildman–Crippen LogP) is 0.604. The van der Waals surface area contributed by atoms with Crippen LogP contribution in [0.15, 0.2) is 24.3 Å². The molecule has 2 heteroatoms. The Morgan fingerprint density at radius 1 is 1.62 bits per heavy atom. The molecule has 0 aliphatic heterocycles. The summed E-state index contributed by atoms with van der Waals surface area (Å²) >= 11 is 0. The molecule has 44 valence electrons. The molecule has 0 saturated heterocycles. The Hall–Kier alpha value is -1.05. The zero-order valence-electron chi connectivity index (χ0n) is 4.85. The van der Waals surface area contributed by atoms with Crippen molar-refractivity contribution in [1.82, 2.24) is 0 Å². The molecule has 0 aromatic heterocycles. The Balaban J connectivity index is 3.67. The first-order valence-corrected chi connectivity index (χ1v) is 2.26. The molecule has 0 fully saturated rings. The lowest BCUT2D eigenvalue weighted by Gasteiger charge is -1.80. The van der Waals surface area contributed by atoms with Gasteiger partial charge in [0.2, 0.25) is 5.91 Å². The summed E-state index contributed by atoms with van der Waals surface area (Å²) in [6.45, 7) is 5.32. The van der Waals surface area contributed by atoms with Gasteiger partial charge in [-0.15, -0.1) is 0 Å². The van der Waals surface area contributed by atoms with E-state index in [2.05, 4.69) is 6.58 Å². The van der Waals surface area contributed by atoms with Gasteiger partial charge in [0.1, 0.15) is 0 Å². The van der Waals surface area contributed by atoms with Crippen LogP contribution >= 0.6 is 0 Å². The van der Waals surface area contributed by atoms with Crippen molar-refractivity contribution in [3.8, 4) is 0 Å². The van der Waals surface area contributed by atoms with Crippen molar-refractivity contribution in [2.24, 2.45) is 5.73 Å². The average Bonchev–Trinajstić information content (AvgIpc) is 1.61. The smallest absolute Gasteiger partial charge is 0.241 e. The van der Waals surface area contributed by atoms with Gasteiger partial charge in [-0.1, -0.05) is 18.2 Å². The van der Waals surface area contributed by atoms with Crippen LogP contribution in [0.5, 0.6) is 0 Å². The highest BCUT2D eigenvalue weighted by atomic mass is 16.1. The van der Waals surface area contributed by atoms with Gasteiger partial charge in [-0.25, -0.2) is 0 Å². The van der Waals surface area contributed by atoms with E-state index in [0.717, 1.165) is 5.57 Å². The van der Waals surface area contributed by atoms with Crippen molar-refractivity contribution in [2.45, 2.75) is 6.92 Å². The van der Waals surface area contributed by atoms with E-state index in [4.69, 9.17) is 5.73 Å². The highest BCUT2D eigenvalue weighted by molar-refractivity contribution is 5.86. The number of nitrogens with two attached hydrogens (primary N) is 1. The van der Waals surface area contributed by atoms with E-state index in [9.17, 15) is 4.79 Å². The van der Waals surface area contributed by atoms with E-state index >= 15 is 0 Å². The van der Waals surface area contributed by atoms with Crippen LogP contribution in [0.3, 0.4) is 0 Å². The number of carbonyl (C=O) groups is 1. The Labute approximate surface area is 48.7 Å². The fourth-order valence-corrected chi connectivity index (χ4v) is 0.224. The summed E-state index contributed by atoms with van der Waals surface area (Å²) in [5, 5.41) is 0. The second-order valence-electron chi connectivity index (χ2n) is 1.58. The maximum absolute atomic E-state index is 10.00. The maximum atomic E-state index is 10.00. The number of carbonyl (C=O) groups excluding carboxylic acids is 1. The number of rotatable bonds is 2. The number of hydrogen-bond donors (Lipinski definition) is 1. The van der Waals surface area contributed by atoms with Crippen molar-refractivity contribution < 1.29 is 4.79 Å². The molecule has 0 rings (SSSR count). The van der Waals surface area contributed by atoms with Crippen LogP contribution in [0.4, 0.5) is 0 Å². The van der Waals surface area contributed by atoms with E-state index in [-0.39, 0.29) is 0 Å². The third-order valence-corrected chi connectivity index (χ3v) is 0.532. The van der Waals surface area contributed by atoms with Crippen LogP contribution in [0, 0.1) is 0 Å². The molecule has 2 N–H and O–H groups in total. The van der Waals surface area contributed by atoms with E-state index in [1.54, 1.807) is 13.0 Å².